The van der Waals surface area contributed by atoms with Gasteiger partial charge in [-0.3, -0.25) is 19.8 Å². The van der Waals surface area contributed by atoms with Gasteiger partial charge in [0, 0.05) is 70.9 Å². The molecule has 0 bridgehead atoms. The first kappa shape index (κ1) is 28.0. The fraction of sp³-hybridized carbons (Fsp3) is 0. The fourth-order valence-electron chi connectivity index (χ4n) is 7.00. The number of nitrogens with zero attached hydrogens (tertiary/aromatic N) is 6. The van der Waals surface area contributed by atoms with Gasteiger partial charge < -0.3 is 8.83 Å². The van der Waals surface area contributed by atoms with E-state index in [9.17, 15) is 0 Å². The Morgan fingerprint density at radius 1 is 0.360 bits per heavy atom. The Kier molecular flexibility index (Phi) is 6.32. The largest absolute Gasteiger partial charge is 0.456 e. The zero-order valence-electron chi connectivity index (χ0n) is 26.5. The van der Waals surface area contributed by atoms with E-state index in [1.807, 2.05) is 60.7 Å². The van der Waals surface area contributed by atoms with Gasteiger partial charge in [0.15, 0.2) is 0 Å². The zero-order chi connectivity index (χ0) is 33.0. The van der Waals surface area contributed by atoms with Crippen LogP contribution in [0, 0.1) is 0 Å². The molecule has 8 heteroatoms. The van der Waals surface area contributed by atoms with Crippen LogP contribution in [0.4, 0.5) is 34.4 Å². The Balaban J connectivity index is 1.12. The van der Waals surface area contributed by atoms with Gasteiger partial charge in [-0.2, -0.15) is 0 Å². The summed E-state index contributed by atoms with van der Waals surface area (Å²) in [6.07, 6.45) is 10.7. The van der Waals surface area contributed by atoms with Gasteiger partial charge >= 0.3 is 0 Å². The quantitative estimate of drug-likeness (QED) is 0.176. The maximum atomic E-state index is 6.53. The van der Waals surface area contributed by atoms with Crippen LogP contribution in [0.1, 0.15) is 0 Å². The molecule has 8 nitrogen and oxygen atoms in total. The van der Waals surface area contributed by atoms with Crippen molar-refractivity contribution in [3.05, 3.63) is 159 Å². The van der Waals surface area contributed by atoms with Crippen LogP contribution in [0.2, 0.25) is 0 Å². The maximum absolute atomic E-state index is 6.53. The fourth-order valence-corrected chi connectivity index (χ4v) is 7.00. The summed E-state index contributed by atoms with van der Waals surface area (Å²) in [5, 5.41) is 6.45. The Bertz CT molecular complexity index is 2550. The number of benzene rings is 4. The lowest BCUT2D eigenvalue weighted by molar-refractivity contribution is 0.668. The van der Waals surface area contributed by atoms with Crippen molar-refractivity contribution < 1.29 is 8.83 Å². The van der Waals surface area contributed by atoms with E-state index < -0.39 is 0 Å². The van der Waals surface area contributed by atoms with Gasteiger partial charge in [0.25, 0.3) is 0 Å². The molecule has 0 atom stereocenters. The van der Waals surface area contributed by atoms with E-state index in [0.717, 1.165) is 89.0 Å². The Labute approximate surface area is 285 Å². The number of rotatable bonds is 6. The Hall–Kier alpha value is -7.06. The van der Waals surface area contributed by atoms with Gasteiger partial charge in [0.2, 0.25) is 0 Å². The molecule has 50 heavy (non-hydrogen) atoms. The number of fused-ring (bicyclic) bond motifs is 9. The van der Waals surface area contributed by atoms with Gasteiger partial charge in [-0.25, -0.2) is 9.97 Å². The van der Waals surface area contributed by atoms with Gasteiger partial charge in [-0.05, 0) is 108 Å². The molecule has 0 saturated heterocycles. The standard InChI is InChI=1S/C42H26N6O2/c1-3-19-45-39(5-1)47(27-15-21-43-22-16-27)29-7-9-33-37(25-29)49-35-13-11-32-31(41(33)35)12-14-36-42(32)34-10-8-30(26-38(34)50-36)48(28-17-23-44-24-18-28)40-6-2-4-20-46-40/h1-26H. The van der Waals surface area contributed by atoms with Gasteiger partial charge in [-0.15, -0.1) is 0 Å². The Morgan fingerprint density at radius 3 is 1.22 bits per heavy atom. The number of furan rings is 2. The number of anilines is 6. The van der Waals surface area contributed by atoms with E-state index in [1.54, 1.807) is 37.2 Å². The first-order valence-electron chi connectivity index (χ1n) is 16.3. The summed E-state index contributed by atoms with van der Waals surface area (Å²) in [4.78, 5) is 21.9. The van der Waals surface area contributed by atoms with Crippen LogP contribution in [0.25, 0.3) is 54.6 Å². The first-order valence-corrected chi connectivity index (χ1v) is 16.3. The summed E-state index contributed by atoms with van der Waals surface area (Å²) in [6.45, 7) is 0. The van der Waals surface area contributed by atoms with Crippen molar-refractivity contribution in [1.82, 2.24) is 19.9 Å². The molecular formula is C42H26N6O2. The number of hydrogen-bond donors (Lipinski definition) is 0. The van der Waals surface area contributed by atoms with E-state index >= 15 is 0 Å². The van der Waals surface area contributed by atoms with Crippen molar-refractivity contribution in [2.24, 2.45) is 0 Å². The second kappa shape index (κ2) is 11.3. The monoisotopic (exact) mass is 646 g/mol. The molecule has 10 aromatic rings. The molecule has 6 heterocycles. The van der Waals surface area contributed by atoms with Crippen LogP contribution >= 0.6 is 0 Å². The molecule has 4 aromatic carbocycles. The van der Waals surface area contributed by atoms with Crippen molar-refractivity contribution in [3.8, 4) is 0 Å². The number of aromatic nitrogens is 4. The molecule has 0 aliphatic heterocycles. The molecule has 6 aromatic heterocycles. The smallest absolute Gasteiger partial charge is 0.137 e. The summed E-state index contributed by atoms with van der Waals surface area (Å²) in [5.74, 6) is 1.61. The molecule has 0 unspecified atom stereocenters. The highest BCUT2D eigenvalue weighted by Gasteiger charge is 2.20. The second-order valence-electron chi connectivity index (χ2n) is 12.0. The van der Waals surface area contributed by atoms with Gasteiger partial charge in [-0.1, -0.05) is 12.1 Å². The van der Waals surface area contributed by atoms with Gasteiger partial charge in [0.05, 0.1) is 22.7 Å². The van der Waals surface area contributed by atoms with E-state index in [0.29, 0.717) is 0 Å². The minimum atomic E-state index is 0.799. The molecule has 0 amide bonds. The molecule has 0 aliphatic carbocycles. The summed E-state index contributed by atoms with van der Waals surface area (Å²) >= 11 is 0. The summed E-state index contributed by atoms with van der Waals surface area (Å²) < 4.78 is 13.1. The van der Waals surface area contributed by atoms with E-state index in [1.165, 1.54) is 0 Å². The predicted octanol–water partition coefficient (Wildman–Crippen LogP) is 11.2. The molecule has 0 saturated carbocycles. The van der Waals surface area contributed by atoms with Crippen molar-refractivity contribution in [3.63, 3.8) is 0 Å². The van der Waals surface area contributed by atoms with Crippen molar-refractivity contribution in [1.29, 1.82) is 0 Å². The normalized spacial score (nSPS) is 11.6. The zero-order valence-corrected chi connectivity index (χ0v) is 26.5. The molecule has 0 fully saturated rings. The van der Waals surface area contributed by atoms with Crippen LogP contribution in [-0.4, -0.2) is 19.9 Å². The van der Waals surface area contributed by atoms with Crippen LogP contribution < -0.4 is 9.80 Å². The molecule has 236 valence electrons. The summed E-state index contributed by atoms with van der Waals surface area (Å²) in [5.41, 5.74) is 7.06. The highest BCUT2D eigenvalue weighted by molar-refractivity contribution is 6.27. The lowest BCUT2D eigenvalue weighted by Crippen LogP contribution is -2.11. The SMILES string of the molecule is c1ccc(N(c2ccncc2)c2ccc3c(c2)oc2ccc4c(ccc5oc6cc(N(c7ccncc7)c7ccccn7)ccc6c54)c23)nc1. The summed E-state index contributed by atoms with van der Waals surface area (Å²) in [7, 11) is 0. The third kappa shape index (κ3) is 4.47. The lowest BCUT2D eigenvalue weighted by atomic mass is 9.99. The molecule has 0 radical (unpaired) electrons. The topological polar surface area (TPSA) is 84.3 Å². The van der Waals surface area contributed by atoms with Gasteiger partial charge in [0.1, 0.15) is 34.0 Å². The highest BCUT2D eigenvalue weighted by Crippen LogP contribution is 2.44. The third-order valence-electron chi connectivity index (χ3n) is 9.15. The van der Waals surface area contributed by atoms with Crippen LogP contribution in [-0.2, 0) is 0 Å². The highest BCUT2D eigenvalue weighted by atomic mass is 16.3. The van der Waals surface area contributed by atoms with E-state index in [4.69, 9.17) is 8.83 Å². The molecule has 0 N–H and O–H groups in total. The minimum Gasteiger partial charge on any atom is -0.456 e. The van der Waals surface area contributed by atoms with Crippen LogP contribution in [0.15, 0.2) is 167 Å². The second-order valence-corrected chi connectivity index (χ2v) is 12.0. The minimum absolute atomic E-state index is 0.799. The van der Waals surface area contributed by atoms with Crippen molar-refractivity contribution >= 4 is 89.0 Å². The molecule has 0 aliphatic rings. The van der Waals surface area contributed by atoms with Crippen LogP contribution in [0.5, 0.6) is 0 Å². The molecular weight excluding hydrogens is 621 g/mol. The molecule has 0 spiro atoms. The van der Waals surface area contributed by atoms with E-state index in [-0.39, 0.29) is 0 Å². The third-order valence-corrected chi connectivity index (χ3v) is 9.15. The van der Waals surface area contributed by atoms with Crippen LogP contribution in [0.3, 0.4) is 0 Å². The maximum Gasteiger partial charge on any atom is 0.137 e. The first-order chi connectivity index (χ1) is 24.8. The van der Waals surface area contributed by atoms with Crippen molar-refractivity contribution in [2.45, 2.75) is 0 Å². The Morgan fingerprint density at radius 2 is 0.800 bits per heavy atom. The lowest BCUT2D eigenvalue weighted by Gasteiger charge is -2.23. The molecule has 10 rings (SSSR count). The average molecular weight is 647 g/mol. The van der Waals surface area contributed by atoms with Crippen molar-refractivity contribution in [2.75, 3.05) is 9.80 Å². The van der Waals surface area contributed by atoms with E-state index in [2.05, 4.69) is 90.4 Å². The predicted molar refractivity (Wildman–Crippen MR) is 199 cm³/mol. The number of pyridine rings is 4. The number of hydrogen-bond acceptors (Lipinski definition) is 8. The summed E-state index contributed by atoms with van der Waals surface area (Å²) in [6, 6.07) is 40.8. The average Bonchev–Trinajstić information content (AvgIpc) is 3.75.